The Hall–Kier alpha value is -8.72. The molecule has 0 unspecified atom stereocenters. The molecule has 2 nitrogen and oxygen atoms in total. The highest BCUT2D eigenvalue weighted by atomic mass is 15.1. The highest BCUT2D eigenvalue weighted by molar-refractivity contribution is 6.16. The predicted molar refractivity (Wildman–Crippen MR) is 280 cm³/mol. The molecule has 310 valence electrons. The first-order chi connectivity index (χ1) is 32.7. The van der Waals surface area contributed by atoms with Gasteiger partial charge >= 0.3 is 0 Å². The lowest BCUT2D eigenvalue weighted by molar-refractivity contribution is 1.18. The van der Waals surface area contributed by atoms with E-state index in [2.05, 4.69) is 276 Å². The van der Waals surface area contributed by atoms with Crippen molar-refractivity contribution in [3.8, 4) is 61.3 Å². The monoisotopic (exact) mass is 840 g/mol. The van der Waals surface area contributed by atoms with Crippen LogP contribution in [0.2, 0.25) is 0 Å². The van der Waals surface area contributed by atoms with E-state index in [-0.39, 0.29) is 0 Å². The minimum Gasteiger partial charge on any atom is -0.310 e. The van der Waals surface area contributed by atoms with E-state index >= 15 is 0 Å². The van der Waals surface area contributed by atoms with Crippen molar-refractivity contribution in [3.05, 3.63) is 267 Å². The average Bonchev–Trinajstić information content (AvgIpc) is 3.74. The van der Waals surface area contributed by atoms with Crippen LogP contribution < -0.4 is 4.90 Å². The Morgan fingerprint density at radius 1 is 0.273 bits per heavy atom. The summed E-state index contributed by atoms with van der Waals surface area (Å²) in [7, 11) is 0. The molecule has 1 aromatic heterocycles. The van der Waals surface area contributed by atoms with Crippen LogP contribution in [0.5, 0.6) is 0 Å². The summed E-state index contributed by atoms with van der Waals surface area (Å²) < 4.78 is 2.39. The predicted octanol–water partition coefficient (Wildman–Crippen LogP) is 17.7. The minimum atomic E-state index is 1.07. The molecule has 0 radical (unpaired) electrons. The Bertz CT molecular complexity index is 3620. The quantitative estimate of drug-likeness (QED) is 0.141. The van der Waals surface area contributed by atoms with Crippen molar-refractivity contribution in [2.75, 3.05) is 4.90 Å². The summed E-state index contributed by atoms with van der Waals surface area (Å²) >= 11 is 0. The van der Waals surface area contributed by atoms with Gasteiger partial charge in [-0.1, -0.05) is 194 Å². The van der Waals surface area contributed by atoms with Crippen molar-refractivity contribution in [2.24, 2.45) is 0 Å². The normalized spacial score (nSPS) is 11.3. The van der Waals surface area contributed by atoms with Gasteiger partial charge in [0.15, 0.2) is 0 Å². The van der Waals surface area contributed by atoms with Crippen LogP contribution in [0.15, 0.2) is 267 Å². The molecule has 0 saturated heterocycles. The SMILES string of the molecule is c1ccc(-c2cc(-c3ccccc3)cc(N(c3ccc(-c4ccc5ccccc5c4)cc3)c3ccccc3-c3cccc(-c4cccc5c4c4ccccc4n5-c4ccccc4)c3)c2)cc1. The molecule has 0 saturated carbocycles. The Morgan fingerprint density at radius 3 is 1.53 bits per heavy atom. The highest BCUT2D eigenvalue weighted by Crippen LogP contribution is 2.45. The van der Waals surface area contributed by atoms with Gasteiger partial charge in [0.2, 0.25) is 0 Å². The molecule has 1 heterocycles. The third-order valence-electron chi connectivity index (χ3n) is 12.9. The Kier molecular flexibility index (Phi) is 9.89. The van der Waals surface area contributed by atoms with Gasteiger partial charge in [0.25, 0.3) is 0 Å². The van der Waals surface area contributed by atoms with Crippen LogP contribution in [0, 0.1) is 0 Å². The van der Waals surface area contributed by atoms with E-state index in [4.69, 9.17) is 0 Å². The summed E-state index contributed by atoms with van der Waals surface area (Å²) in [6.45, 7) is 0. The van der Waals surface area contributed by atoms with E-state index in [0.717, 1.165) is 45.0 Å². The molecular formula is C64H44N2. The van der Waals surface area contributed by atoms with Crippen LogP contribution in [0.25, 0.3) is 93.9 Å². The maximum atomic E-state index is 2.44. The van der Waals surface area contributed by atoms with E-state index < -0.39 is 0 Å². The number of hydrogen-bond acceptors (Lipinski definition) is 1. The molecular weight excluding hydrogens is 797 g/mol. The van der Waals surface area contributed by atoms with Gasteiger partial charge in [-0.3, -0.25) is 0 Å². The fourth-order valence-electron chi connectivity index (χ4n) is 9.82. The van der Waals surface area contributed by atoms with Crippen LogP contribution in [0.3, 0.4) is 0 Å². The molecule has 0 aliphatic heterocycles. The standard InChI is InChI=1S/C64H44N2/c1-4-18-45(19-5-1)53-42-54(46-20-6-2-7-21-46)44-57(43-53)65(56-38-36-48(37-39-56)50-35-34-47-22-10-11-23-49(47)40-50)61-31-14-12-28-58(61)51-24-16-25-52(41-51)59-30-17-33-63-64(59)60-29-13-15-32-62(60)66(63)55-26-8-3-9-27-55/h1-44H. The van der Waals surface area contributed by atoms with Crippen LogP contribution in [-0.4, -0.2) is 4.57 Å². The first-order valence-electron chi connectivity index (χ1n) is 22.7. The number of benzene rings is 11. The van der Waals surface area contributed by atoms with Crippen molar-refractivity contribution in [1.29, 1.82) is 0 Å². The summed E-state index contributed by atoms with van der Waals surface area (Å²) in [5.74, 6) is 0. The second-order valence-electron chi connectivity index (χ2n) is 16.9. The van der Waals surface area contributed by atoms with E-state index in [9.17, 15) is 0 Å². The summed E-state index contributed by atoms with van der Waals surface area (Å²) in [6.07, 6.45) is 0. The minimum absolute atomic E-state index is 1.07. The smallest absolute Gasteiger partial charge is 0.0547 e. The second-order valence-corrected chi connectivity index (χ2v) is 16.9. The van der Waals surface area contributed by atoms with E-state index in [1.54, 1.807) is 0 Å². The van der Waals surface area contributed by atoms with Crippen LogP contribution in [0.1, 0.15) is 0 Å². The Balaban J connectivity index is 1.04. The Labute approximate surface area is 385 Å². The van der Waals surface area contributed by atoms with Crippen LogP contribution >= 0.6 is 0 Å². The molecule has 0 bridgehead atoms. The van der Waals surface area contributed by atoms with Crippen molar-refractivity contribution in [1.82, 2.24) is 4.57 Å². The topological polar surface area (TPSA) is 8.17 Å². The second kappa shape index (κ2) is 16.8. The van der Waals surface area contributed by atoms with Crippen LogP contribution in [0.4, 0.5) is 17.1 Å². The number of hydrogen-bond donors (Lipinski definition) is 0. The molecule has 0 fully saturated rings. The summed E-state index contributed by atoms with van der Waals surface area (Å²) in [6, 6.07) is 97.0. The number of nitrogens with zero attached hydrogens (tertiary/aromatic N) is 2. The van der Waals surface area contributed by atoms with Gasteiger partial charge in [-0.05, 0) is 134 Å². The highest BCUT2D eigenvalue weighted by Gasteiger charge is 2.21. The average molecular weight is 841 g/mol. The zero-order chi connectivity index (χ0) is 43.8. The number of para-hydroxylation sites is 3. The molecule has 11 aromatic carbocycles. The van der Waals surface area contributed by atoms with Gasteiger partial charge in [-0.15, -0.1) is 0 Å². The van der Waals surface area contributed by atoms with Gasteiger partial charge in [0.05, 0.1) is 16.7 Å². The molecule has 12 aromatic rings. The lowest BCUT2D eigenvalue weighted by atomic mass is 9.94. The Morgan fingerprint density at radius 2 is 0.788 bits per heavy atom. The summed E-state index contributed by atoms with van der Waals surface area (Å²) in [5, 5.41) is 4.97. The lowest BCUT2D eigenvalue weighted by Gasteiger charge is -2.29. The number of anilines is 3. The van der Waals surface area contributed by atoms with Crippen molar-refractivity contribution in [2.45, 2.75) is 0 Å². The molecule has 0 aliphatic rings. The fraction of sp³-hybridized carbons (Fsp3) is 0. The molecule has 0 N–H and O–H groups in total. The zero-order valence-corrected chi connectivity index (χ0v) is 36.3. The van der Waals surface area contributed by atoms with Gasteiger partial charge in [0.1, 0.15) is 0 Å². The lowest BCUT2D eigenvalue weighted by Crippen LogP contribution is -2.11. The van der Waals surface area contributed by atoms with Gasteiger partial charge in [-0.2, -0.15) is 0 Å². The first-order valence-corrected chi connectivity index (χ1v) is 22.7. The van der Waals surface area contributed by atoms with Gasteiger partial charge < -0.3 is 9.47 Å². The zero-order valence-electron chi connectivity index (χ0n) is 36.3. The number of rotatable bonds is 9. The molecule has 0 amide bonds. The maximum Gasteiger partial charge on any atom is 0.0547 e. The third kappa shape index (κ3) is 7.12. The van der Waals surface area contributed by atoms with Gasteiger partial charge in [-0.25, -0.2) is 0 Å². The third-order valence-corrected chi connectivity index (χ3v) is 12.9. The summed E-state index contributed by atoms with van der Waals surface area (Å²) in [4.78, 5) is 2.44. The van der Waals surface area contributed by atoms with E-state index in [1.165, 1.54) is 66.0 Å². The molecule has 12 rings (SSSR count). The molecule has 0 spiro atoms. The number of aromatic nitrogens is 1. The van der Waals surface area contributed by atoms with Crippen molar-refractivity contribution in [3.63, 3.8) is 0 Å². The van der Waals surface area contributed by atoms with Gasteiger partial charge in [0, 0.05) is 33.4 Å². The maximum absolute atomic E-state index is 2.44. The molecule has 0 atom stereocenters. The molecule has 66 heavy (non-hydrogen) atoms. The largest absolute Gasteiger partial charge is 0.310 e. The molecule has 0 aliphatic carbocycles. The van der Waals surface area contributed by atoms with Crippen LogP contribution in [-0.2, 0) is 0 Å². The van der Waals surface area contributed by atoms with Crippen molar-refractivity contribution < 1.29 is 0 Å². The van der Waals surface area contributed by atoms with E-state index in [0.29, 0.717) is 0 Å². The molecule has 2 heteroatoms. The van der Waals surface area contributed by atoms with Crippen molar-refractivity contribution >= 4 is 49.6 Å². The fourth-order valence-corrected chi connectivity index (χ4v) is 9.82. The summed E-state index contributed by atoms with van der Waals surface area (Å²) in [5.41, 5.74) is 18.5. The van der Waals surface area contributed by atoms with E-state index in [1.807, 2.05) is 0 Å². The first kappa shape index (κ1) is 38.9. The number of fused-ring (bicyclic) bond motifs is 4.